The van der Waals surface area contributed by atoms with Crippen LogP contribution in [0.25, 0.3) is 0 Å². The molecule has 7 heteroatoms. The van der Waals surface area contributed by atoms with Crippen molar-refractivity contribution >= 4 is 11.8 Å². The van der Waals surface area contributed by atoms with E-state index in [1.807, 2.05) is 41.3 Å². The van der Waals surface area contributed by atoms with Gasteiger partial charge in [-0.2, -0.15) is 0 Å². The van der Waals surface area contributed by atoms with Gasteiger partial charge in [-0.1, -0.05) is 25.1 Å². The zero-order valence-electron chi connectivity index (χ0n) is 18.8. The van der Waals surface area contributed by atoms with E-state index in [-0.39, 0.29) is 24.5 Å². The van der Waals surface area contributed by atoms with Crippen LogP contribution in [0.4, 0.5) is 0 Å². The molecule has 1 N–H and O–H groups in total. The second kappa shape index (κ2) is 12.0. The Morgan fingerprint density at radius 3 is 2.31 bits per heavy atom. The van der Waals surface area contributed by atoms with Gasteiger partial charge in [0.25, 0.3) is 5.91 Å². The van der Waals surface area contributed by atoms with E-state index in [0.29, 0.717) is 31.9 Å². The highest BCUT2D eigenvalue weighted by atomic mass is 16.5. The van der Waals surface area contributed by atoms with Crippen molar-refractivity contribution in [1.29, 1.82) is 0 Å². The van der Waals surface area contributed by atoms with Gasteiger partial charge in [-0.05, 0) is 49.6 Å². The molecule has 1 aliphatic heterocycles. The standard InChI is InChI=1S/C25H32N2O5/c1-3-16-31-21-8-10-22(11-9-21)32-18-24(28)26-20-12-14-27(15-13-20)25(29)17-19-6-4-5-7-23(19)30-2/h4-11,20H,3,12-18H2,1-2H3,(H,26,28). The van der Waals surface area contributed by atoms with Gasteiger partial charge in [0, 0.05) is 24.7 Å². The maximum Gasteiger partial charge on any atom is 0.258 e. The van der Waals surface area contributed by atoms with E-state index in [1.165, 1.54) is 0 Å². The number of nitrogens with zero attached hydrogens (tertiary/aromatic N) is 1. The number of amides is 2. The predicted octanol–water partition coefficient (Wildman–Crippen LogP) is 3.21. The van der Waals surface area contributed by atoms with Crippen molar-refractivity contribution < 1.29 is 23.8 Å². The average Bonchev–Trinajstić information content (AvgIpc) is 2.83. The van der Waals surface area contributed by atoms with E-state index in [0.717, 1.165) is 36.3 Å². The number of carbonyl (C=O) groups is 2. The van der Waals surface area contributed by atoms with Crippen molar-refractivity contribution in [3.63, 3.8) is 0 Å². The lowest BCUT2D eigenvalue weighted by molar-refractivity contribution is -0.131. The third-order valence-corrected chi connectivity index (χ3v) is 5.41. The second-order valence-electron chi connectivity index (χ2n) is 7.82. The van der Waals surface area contributed by atoms with Crippen molar-refractivity contribution in [3.05, 3.63) is 54.1 Å². The monoisotopic (exact) mass is 440 g/mol. The molecule has 2 aromatic rings. The minimum atomic E-state index is -0.157. The first kappa shape index (κ1) is 23.4. The molecule has 0 unspecified atom stereocenters. The maximum absolute atomic E-state index is 12.7. The highest BCUT2D eigenvalue weighted by Gasteiger charge is 2.24. The molecule has 172 valence electrons. The molecule has 0 radical (unpaired) electrons. The first-order valence-electron chi connectivity index (χ1n) is 11.1. The maximum atomic E-state index is 12.7. The highest BCUT2D eigenvalue weighted by molar-refractivity contribution is 5.80. The third kappa shape index (κ3) is 6.90. The minimum absolute atomic E-state index is 0.0396. The van der Waals surface area contributed by atoms with Gasteiger partial charge >= 0.3 is 0 Å². The summed E-state index contributed by atoms with van der Waals surface area (Å²) in [5.74, 6) is 2.06. The molecule has 2 amide bonds. The summed E-state index contributed by atoms with van der Waals surface area (Å²) in [6.45, 7) is 3.94. The Hall–Kier alpha value is -3.22. The number of rotatable bonds is 10. The van der Waals surface area contributed by atoms with Gasteiger partial charge in [-0.15, -0.1) is 0 Å². The predicted molar refractivity (Wildman–Crippen MR) is 122 cm³/mol. The van der Waals surface area contributed by atoms with Crippen LogP contribution in [0.3, 0.4) is 0 Å². The quantitative estimate of drug-likeness (QED) is 0.614. The Kier molecular flexibility index (Phi) is 8.78. The highest BCUT2D eigenvalue weighted by Crippen LogP contribution is 2.20. The number of hydrogen-bond acceptors (Lipinski definition) is 5. The Balaban J connectivity index is 1.38. The molecule has 2 aromatic carbocycles. The van der Waals surface area contributed by atoms with Crippen molar-refractivity contribution in [2.45, 2.75) is 38.6 Å². The summed E-state index contributed by atoms with van der Waals surface area (Å²) < 4.78 is 16.4. The Morgan fingerprint density at radius 1 is 1.00 bits per heavy atom. The minimum Gasteiger partial charge on any atom is -0.496 e. The second-order valence-corrected chi connectivity index (χ2v) is 7.82. The van der Waals surface area contributed by atoms with E-state index >= 15 is 0 Å². The Bertz CT molecular complexity index is 876. The van der Waals surface area contributed by atoms with Crippen LogP contribution in [-0.2, 0) is 16.0 Å². The lowest BCUT2D eigenvalue weighted by atomic mass is 10.0. The zero-order chi connectivity index (χ0) is 22.8. The van der Waals surface area contributed by atoms with Crippen LogP contribution in [0.5, 0.6) is 17.2 Å². The molecule has 1 aliphatic rings. The summed E-state index contributed by atoms with van der Waals surface area (Å²) in [6, 6.07) is 14.9. The van der Waals surface area contributed by atoms with Crippen LogP contribution in [0.1, 0.15) is 31.7 Å². The van der Waals surface area contributed by atoms with Crippen LogP contribution in [0.15, 0.2) is 48.5 Å². The molecule has 7 nitrogen and oxygen atoms in total. The summed E-state index contributed by atoms with van der Waals surface area (Å²) in [5.41, 5.74) is 0.887. The van der Waals surface area contributed by atoms with E-state index < -0.39 is 0 Å². The van der Waals surface area contributed by atoms with E-state index in [2.05, 4.69) is 12.2 Å². The number of piperidine rings is 1. The SMILES string of the molecule is CCCOc1ccc(OCC(=O)NC2CCN(C(=O)Cc3ccccc3OC)CC2)cc1. The number of hydrogen-bond donors (Lipinski definition) is 1. The van der Waals surface area contributed by atoms with Crippen LogP contribution in [-0.4, -0.2) is 56.2 Å². The molecular formula is C25H32N2O5. The van der Waals surface area contributed by atoms with Gasteiger partial charge in [0.15, 0.2) is 6.61 Å². The summed E-state index contributed by atoms with van der Waals surface area (Å²) in [6.07, 6.45) is 2.73. The number of likely N-dealkylation sites (tertiary alicyclic amines) is 1. The molecule has 32 heavy (non-hydrogen) atoms. The molecule has 0 spiro atoms. The fraction of sp³-hybridized carbons (Fsp3) is 0.440. The fourth-order valence-corrected chi connectivity index (χ4v) is 3.67. The third-order valence-electron chi connectivity index (χ3n) is 5.41. The van der Waals surface area contributed by atoms with Gasteiger partial charge in [0.1, 0.15) is 17.2 Å². The van der Waals surface area contributed by atoms with Crippen molar-refractivity contribution in [2.24, 2.45) is 0 Å². The van der Waals surface area contributed by atoms with Crippen LogP contribution < -0.4 is 19.5 Å². The van der Waals surface area contributed by atoms with Gasteiger partial charge in [-0.25, -0.2) is 0 Å². The number of benzene rings is 2. The number of para-hydroxylation sites is 1. The molecule has 0 atom stereocenters. The van der Waals surface area contributed by atoms with Crippen molar-refractivity contribution in [2.75, 3.05) is 33.4 Å². The zero-order valence-corrected chi connectivity index (χ0v) is 18.8. The van der Waals surface area contributed by atoms with Crippen LogP contribution >= 0.6 is 0 Å². The summed E-state index contributed by atoms with van der Waals surface area (Å²) in [5, 5.41) is 3.01. The fourth-order valence-electron chi connectivity index (χ4n) is 3.67. The molecule has 0 bridgehead atoms. The number of methoxy groups -OCH3 is 1. The first-order valence-corrected chi connectivity index (χ1v) is 11.1. The molecule has 1 saturated heterocycles. The van der Waals surface area contributed by atoms with Gasteiger partial charge in [0.05, 0.1) is 20.1 Å². The lowest BCUT2D eigenvalue weighted by Crippen LogP contribution is -2.47. The normalized spacial score (nSPS) is 14.0. The summed E-state index contributed by atoms with van der Waals surface area (Å²) in [7, 11) is 1.61. The lowest BCUT2D eigenvalue weighted by Gasteiger charge is -2.32. The largest absolute Gasteiger partial charge is 0.496 e. The molecule has 0 aromatic heterocycles. The Morgan fingerprint density at radius 2 is 1.66 bits per heavy atom. The van der Waals surface area contributed by atoms with Crippen molar-refractivity contribution in [1.82, 2.24) is 10.2 Å². The van der Waals surface area contributed by atoms with E-state index in [4.69, 9.17) is 14.2 Å². The molecule has 1 fully saturated rings. The van der Waals surface area contributed by atoms with E-state index in [9.17, 15) is 9.59 Å². The summed E-state index contributed by atoms with van der Waals surface area (Å²) in [4.78, 5) is 26.8. The van der Waals surface area contributed by atoms with Crippen molar-refractivity contribution in [3.8, 4) is 17.2 Å². The molecule has 0 aliphatic carbocycles. The smallest absolute Gasteiger partial charge is 0.258 e. The molecular weight excluding hydrogens is 408 g/mol. The average molecular weight is 441 g/mol. The summed E-state index contributed by atoms with van der Waals surface area (Å²) >= 11 is 0. The molecule has 3 rings (SSSR count). The topological polar surface area (TPSA) is 77.1 Å². The number of nitrogens with one attached hydrogen (secondary N) is 1. The van der Waals surface area contributed by atoms with Gasteiger partial charge < -0.3 is 24.4 Å². The van der Waals surface area contributed by atoms with Gasteiger partial charge in [0.2, 0.25) is 5.91 Å². The number of carbonyl (C=O) groups excluding carboxylic acids is 2. The van der Waals surface area contributed by atoms with Gasteiger partial charge in [-0.3, -0.25) is 9.59 Å². The molecule has 1 heterocycles. The Labute approximate surface area is 189 Å². The first-order chi connectivity index (χ1) is 15.6. The van der Waals surface area contributed by atoms with Crippen LogP contribution in [0.2, 0.25) is 0 Å². The molecule has 0 saturated carbocycles. The van der Waals surface area contributed by atoms with Crippen LogP contribution in [0, 0.1) is 0 Å². The van der Waals surface area contributed by atoms with E-state index in [1.54, 1.807) is 19.2 Å². The number of ether oxygens (including phenoxy) is 3.